The Bertz CT molecular complexity index is 333. The highest BCUT2D eigenvalue weighted by Gasteiger charge is 2.48. The number of esters is 4. The van der Waals surface area contributed by atoms with E-state index in [9.17, 15) is 19.2 Å². The Morgan fingerprint density at radius 2 is 1.44 bits per heavy atom. The molecule has 0 aromatic carbocycles. The van der Waals surface area contributed by atoms with Gasteiger partial charge in [0.15, 0.2) is 0 Å². The molecular formula is C9H12O7. The standard InChI is InChI=1S/C9H12O7/c1-5(10)15-8(13)9(3,7(12)14-4)16-6(2)11/h1-4H3. The molecule has 7 heteroatoms. The van der Waals surface area contributed by atoms with Gasteiger partial charge < -0.3 is 14.2 Å². The molecule has 0 saturated carbocycles. The van der Waals surface area contributed by atoms with Crippen LogP contribution in [0.3, 0.4) is 0 Å². The Morgan fingerprint density at radius 1 is 0.938 bits per heavy atom. The van der Waals surface area contributed by atoms with Gasteiger partial charge in [-0.25, -0.2) is 9.59 Å². The summed E-state index contributed by atoms with van der Waals surface area (Å²) < 4.78 is 13.0. The van der Waals surface area contributed by atoms with Crippen molar-refractivity contribution < 1.29 is 33.4 Å². The number of methoxy groups -OCH3 is 1. The highest BCUT2D eigenvalue weighted by molar-refractivity contribution is 6.07. The SMILES string of the molecule is COC(=O)C(C)(OC(C)=O)C(=O)OC(C)=O. The van der Waals surface area contributed by atoms with Gasteiger partial charge in [-0.1, -0.05) is 0 Å². The van der Waals surface area contributed by atoms with E-state index in [1.165, 1.54) is 0 Å². The Kier molecular flexibility index (Phi) is 4.61. The third-order valence-corrected chi connectivity index (χ3v) is 1.55. The van der Waals surface area contributed by atoms with Crippen LogP contribution in [0.2, 0.25) is 0 Å². The van der Waals surface area contributed by atoms with E-state index in [-0.39, 0.29) is 0 Å². The molecule has 0 aliphatic carbocycles. The highest BCUT2D eigenvalue weighted by atomic mass is 16.6. The van der Waals surface area contributed by atoms with Crippen molar-refractivity contribution in [3.8, 4) is 0 Å². The summed E-state index contributed by atoms with van der Waals surface area (Å²) >= 11 is 0. The van der Waals surface area contributed by atoms with Crippen molar-refractivity contribution >= 4 is 23.9 Å². The molecule has 0 aromatic rings. The van der Waals surface area contributed by atoms with Crippen molar-refractivity contribution in [3.63, 3.8) is 0 Å². The Balaban J connectivity index is 5.06. The molecule has 0 rings (SSSR count). The van der Waals surface area contributed by atoms with E-state index >= 15 is 0 Å². The van der Waals surface area contributed by atoms with Gasteiger partial charge in [-0.3, -0.25) is 9.59 Å². The van der Waals surface area contributed by atoms with Crippen LogP contribution in [-0.4, -0.2) is 36.6 Å². The van der Waals surface area contributed by atoms with E-state index in [1.807, 2.05) is 0 Å². The van der Waals surface area contributed by atoms with Crippen LogP contribution in [0.1, 0.15) is 20.8 Å². The summed E-state index contributed by atoms with van der Waals surface area (Å²) in [5, 5.41) is 0. The number of hydrogen-bond acceptors (Lipinski definition) is 7. The summed E-state index contributed by atoms with van der Waals surface area (Å²) in [6.45, 7) is 2.96. The number of ether oxygens (including phenoxy) is 3. The summed E-state index contributed by atoms with van der Waals surface area (Å²) in [5.74, 6) is -4.24. The molecule has 7 nitrogen and oxygen atoms in total. The molecule has 0 aliphatic rings. The molecule has 1 unspecified atom stereocenters. The van der Waals surface area contributed by atoms with Gasteiger partial charge in [0.05, 0.1) is 7.11 Å². The molecule has 0 heterocycles. The molecule has 90 valence electrons. The van der Waals surface area contributed by atoms with Crippen molar-refractivity contribution in [2.45, 2.75) is 26.4 Å². The maximum Gasteiger partial charge on any atom is 0.369 e. The first-order valence-corrected chi connectivity index (χ1v) is 4.25. The minimum atomic E-state index is -2.27. The number of hydrogen-bond donors (Lipinski definition) is 0. The van der Waals surface area contributed by atoms with Gasteiger partial charge in [-0.15, -0.1) is 0 Å². The van der Waals surface area contributed by atoms with Gasteiger partial charge in [0, 0.05) is 13.8 Å². The minimum Gasteiger partial charge on any atom is -0.466 e. The lowest BCUT2D eigenvalue weighted by Crippen LogP contribution is -2.49. The van der Waals surface area contributed by atoms with Crippen LogP contribution in [0.25, 0.3) is 0 Å². The van der Waals surface area contributed by atoms with Crippen LogP contribution < -0.4 is 0 Å². The summed E-state index contributed by atoms with van der Waals surface area (Å²) in [5.41, 5.74) is -2.27. The topological polar surface area (TPSA) is 96.0 Å². The normalized spacial score (nSPS) is 13.2. The predicted molar refractivity (Wildman–Crippen MR) is 49.0 cm³/mol. The first-order chi connectivity index (χ1) is 7.24. The Hall–Kier alpha value is -1.92. The molecule has 0 saturated heterocycles. The lowest BCUT2D eigenvalue weighted by Gasteiger charge is -2.22. The van der Waals surface area contributed by atoms with E-state index in [4.69, 9.17) is 0 Å². The molecule has 0 fully saturated rings. The molecule has 1 atom stereocenters. The Labute approximate surface area is 91.6 Å². The van der Waals surface area contributed by atoms with E-state index in [2.05, 4.69) is 14.2 Å². The Morgan fingerprint density at radius 3 is 1.75 bits per heavy atom. The van der Waals surface area contributed by atoms with Gasteiger partial charge in [0.2, 0.25) is 0 Å². The second kappa shape index (κ2) is 5.24. The zero-order valence-electron chi connectivity index (χ0n) is 9.36. The maximum atomic E-state index is 11.4. The van der Waals surface area contributed by atoms with Gasteiger partial charge in [-0.2, -0.15) is 0 Å². The fourth-order valence-electron chi connectivity index (χ4n) is 0.877. The van der Waals surface area contributed by atoms with Crippen LogP contribution in [0, 0.1) is 0 Å². The second-order valence-electron chi connectivity index (χ2n) is 3.00. The molecule has 0 aliphatic heterocycles. The van der Waals surface area contributed by atoms with Crippen molar-refractivity contribution in [1.82, 2.24) is 0 Å². The van der Waals surface area contributed by atoms with Crippen molar-refractivity contribution in [2.75, 3.05) is 7.11 Å². The zero-order valence-corrected chi connectivity index (χ0v) is 9.36. The predicted octanol–water partition coefficient (Wildman–Crippen LogP) is -0.429. The lowest BCUT2D eigenvalue weighted by atomic mass is 10.1. The number of carbonyl (C=O) groups is 4. The smallest absolute Gasteiger partial charge is 0.369 e. The summed E-state index contributed by atoms with van der Waals surface area (Å²) in [6.07, 6.45) is 0. The number of rotatable bonds is 3. The number of carbonyl (C=O) groups excluding carboxylic acids is 4. The van der Waals surface area contributed by atoms with Gasteiger partial charge >= 0.3 is 29.5 Å². The fraction of sp³-hybridized carbons (Fsp3) is 0.556. The molecule has 0 radical (unpaired) electrons. The van der Waals surface area contributed by atoms with Crippen LogP contribution in [-0.2, 0) is 33.4 Å². The van der Waals surface area contributed by atoms with Crippen molar-refractivity contribution in [1.29, 1.82) is 0 Å². The van der Waals surface area contributed by atoms with Crippen LogP contribution in [0.4, 0.5) is 0 Å². The van der Waals surface area contributed by atoms with Crippen LogP contribution in [0.15, 0.2) is 0 Å². The maximum absolute atomic E-state index is 11.4. The summed E-state index contributed by atoms with van der Waals surface area (Å²) in [7, 11) is 1.01. The lowest BCUT2D eigenvalue weighted by molar-refractivity contribution is -0.193. The van der Waals surface area contributed by atoms with E-state index in [0.717, 1.165) is 27.9 Å². The molecule has 0 amide bonds. The summed E-state index contributed by atoms with van der Waals surface area (Å²) in [6, 6.07) is 0. The van der Waals surface area contributed by atoms with Crippen molar-refractivity contribution in [3.05, 3.63) is 0 Å². The summed E-state index contributed by atoms with van der Waals surface area (Å²) in [4.78, 5) is 44.0. The van der Waals surface area contributed by atoms with E-state index in [0.29, 0.717) is 0 Å². The van der Waals surface area contributed by atoms with Crippen LogP contribution in [0.5, 0.6) is 0 Å². The molecule has 0 spiro atoms. The zero-order chi connectivity index (χ0) is 12.9. The first-order valence-electron chi connectivity index (χ1n) is 4.25. The largest absolute Gasteiger partial charge is 0.466 e. The average molecular weight is 232 g/mol. The van der Waals surface area contributed by atoms with Gasteiger partial charge in [0.25, 0.3) is 0 Å². The van der Waals surface area contributed by atoms with Gasteiger partial charge in [0.1, 0.15) is 0 Å². The average Bonchev–Trinajstić information content (AvgIpc) is 2.14. The molecule has 16 heavy (non-hydrogen) atoms. The second-order valence-corrected chi connectivity index (χ2v) is 3.00. The molecule has 0 aromatic heterocycles. The third kappa shape index (κ3) is 3.34. The molecular weight excluding hydrogens is 220 g/mol. The third-order valence-electron chi connectivity index (χ3n) is 1.55. The molecule has 0 bridgehead atoms. The first kappa shape index (κ1) is 14.1. The van der Waals surface area contributed by atoms with E-state index < -0.39 is 29.5 Å². The molecule has 0 N–H and O–H groups in total. The van der Waals surface area contributed by atoms with Crippen molar-refractivity contribution in [2.24, 2.45) is 0 Å². The minimum absolute atomic E-state index is 0.881. The van der Waals surface area contributed by atoms with Gasteiger partial charge in [-0.05, 0) is 6.92 Å². The van der Waals surface area contributed by atoms with E-state index in [1.54, 1.807) is 0 Å². The quantitative estimate of drug-likeness (QED) is 0.370. The van der Waals surface area contributed by atoms with Crippen LogP contribution >= 0.6 is 0 Å². The highest BCUT2D eigenvalue weighted by Crippen LogP contribution is 2.15. The monoisotopic (exact) mass is 232 g/mol. The fourth-order valence-corrected chi connectivity index (χ4v) is 0.877.